The van der Waals surface area contributed by atoms with Gasteiger partial charge in [-0.3, -0.25) is 24.3 Å². The van der Waals surface area contributed by atoms with Crippen LogP contribution in [0.5, 0.6) is 17.2 Å². The molecule has 11 nitrogen and oxygen atoms in total. The maximum atomic E-state index is 13.9. The summed E-state index contributed by atoms with van der Waals surface area (Å²) in [5.41, 5.74) is 1.27. The largest absolute Gasteiger partial charge is 0.500 e. The first-order valence-corrected chi connectivity index (χ1v) is 13.7. The Morgan fingerprint density at radius 2 is 1.90 bits per heavy atom. The smallest absolute Gasteiger partial charge is 0.315 e. The van der Waals surface area contributed by atoms with Crippen molar-refractivity contribution in [3.8, 4) is 17.2 Å². The van der Waals surface area contributed by atoms with Crippen molar-refractivity contribution in [1.82, 2.24) is 4.57 Å². The average Bonchev–Trinajstić information content (AvgIpc) is 3.27. The maximum absolute atomic E-state index is 13.9. The van der Waals surface area contributed by atoms with Crippen LogP contribution in [0.25, 0.3) is 6.08 Å². The summed E-state index contributed by atoms with van der Waals surface area (Å²) in [6.07, 6.45) is 1.47. The van der Waals surface area contributed by atoms with Crippen molar-refractivity contribution < 1.29 is 24.3 Å². The predicted molar refractivity (Wildman–Crippen MR) is 158 cm³/mol. The number of nitrogens with zero attached hydrogens (tertiary/aromatic N) is 3. The van der Waals surface area contributed by atoms with E-state index in [2.05, 4.69) is 10.3 Å². The number of aromatic nitrogens is 1. The number of phenols is 1. The average molecular weight is 587 g/mol. The molecule has 214 valence electrons. The third-order valence-corrected chi connectivity index (χ3v) is 7.58. The molecule has 1 aliphatic rings. The van der Waals surface area contributed by atoms with Crippen molar-refractivity contribution in [2.45, 2.75) is 19.9 Å². The van der Waals surface area contributed by atoms with Crippen molar-refractivity contribution in [3.63, 3.8) is 0 Å². The molecule has 1 aliphatic heterocycles. The van der Waals surface area contributed by atoms with Gasteiger partial charge in [-0.15, -0.1) is 0 Å². The minimum atomic E-state index is -0.813. The van der Waals surface area contributed by atoms with Crippen LogP contribution < -0.4 is 29.7 Å². The number of anilines is 1. The van der Waals surface area contributed by atoms with E-state index >= 15 is 0 Å². The van der Waals surface area contributed by atoms with Crippen LogP contribution in [0.1, 0.15) is 31.0 Å². The number of amides is 1. The number of thiazole rings is 1. The van der Waals surface area contributed by atoms with Gasteiger partial charge in [-0.2, -0.15) is 0 Å². The second-order valence-corrected chi connectivity index (χ2v) is 10.3. The zero-order valence-corrected chi connectivity index (χ0v) is 23.7. The molecule has 2 heterocycles. The van der Waals surface area contributed by atoms with E-state index < -0.39 is 33.9 Å². The molecular weight excluding hydrogens is 560 g/mol. The number of hydrogen-bond acceptors (Lipinski definition) is 9. The molecule has 0 saturated heterocycles. The Hall–Kier alpha value is -5.23. The lowest BCUT2D eigenvalue weighted by atomic mass is 9.95. The van der Waals surface area contributed by atoms with E-state index in [0.29, 0.717) is 39.7 Å². The van der Waals surface area contributed by atoms with Gasteiger partial charge < -0.3 is 19.9 Å². The van der Waals surface area contributed by atoms with Crippen molar-refractivity contribution in [2.24, 2.45) is 4.99 Å². The molecule has 1 aromatic heterocycles. The minimum absolute atomic E-state index is 0.105. The first-order valence-electron chi connectivity index (χ1n) is 12.9. The van der Waals surface area contributed by atoms with Gasteiger partial charge in [-0.1, -0.05) is 41.7 Å². The van der Waals surface area contributed by atoms with Gasteiger partial charge in [0.15, 0.2) is 10.6 Å². The van der Waals surface area contributed by atoms with E-state index in [9.17, 15) is 24.8 Å². The molecule has 1 atom stereocenters. The molecule has 2 N–H and O–H groups in total. The van der Waals surface area contributed by atoms with Crippen LogP contribution in [-0.2, 0) is 4.79 Å². The number of methoxy groups -OCH3 is 1. The van der Waals surface area contributed by atoms with Crippen LogP contribution in [0, 0.1) is 10.1 Å². The molecule has 5 rings (SSSR count). The van der Waals surface area contributed by atoms with Gasteiger partial charge in [0.05, 0.1) is 40.5 Å². The third kappa shape index (κ3) is 5.39. The van der Waals surface area contributed by atoms with Gasteiger partial charge in [-0.05, 0) is 61.4 Å². The molecule has 0 unspecified atom stereocenters. The highest BCUT2D eigenvalue weighted by atomic mass is 32.1. The number of hydrogen-bond donors (Lipinski definition) is 2. The van der Waals surface area contributed by atoms with Gasteiger partial charge in [0, 0.05) is 11.8 Å². The van der Waals surface area contributed by atoms with Crippen LogP contribution in [0.3, 0.4) is 0 Å². The monoisotopic (exact) mass is 586 g/mol. The van der Waals surface area contributed by atoms with E-state index in [-0.39, 0.29) is 15.8 Å². The van der Waals surface area contributed by atoms with E-state index in [4.69, 9.17) is 9.47 Å². The highest BCUT2D eigenvalue weighted by Crippen LogP contribution is 2.37. The lowest BCUT2D eigenvalue weighted by Gasteiger charge is -2.25. The lowest BCUT2D eigenvalue weighted by molar-refractivity contribution is -0.386. The van der Waals surface area contributed by atoms with E-state index in [0.717, 1.165) is 17.4 Å². The number of allylic oxidation sites excluding steroid dienone is 1. The second-order valence-electron chi connectivity index (χ2n) is 9.25. The summed E-state index contributed by atoms with van der Waals surface area (Å²) >= 11 is 1.08. The van der Waals surface area contributed by atoms with Crippen LogP contribution in [0.15, 0.2) is 87.8 Å². The molecule has 0 fully saturated rings. The summed E-state index contributed by atoms with van der Waals surface area (Å²) in [7, 11) is 1.28. The zero-order chi connectivity index (χ0) is 30.0. The van der Waals surface area contributed by atoms with Gasteiger partial charge in [0.2, 0.25) is 5.75 Å². The summed E-state index contributed by atoms with van der Waals surface area (Å²) in [4.78, 5) is 43.4. The Kier molecular flexibility index (Phi) is 7.89. The Labute approximate surface area is 243 Å². The molecule has 4 aromatic rings. The molecule has 0 radical (unpaired) electrons. The quantitative estimate of drug-likeness (QED) is 0.235. The Morgan fingerprint density at radius 3 is 2.55 bits per heavy atom. The first-order chi connectivity index (χ1) is 20.2. The summed E-state index contributed by atoms with van der Waals surface area (Å²) < 4.78 is 12.4. The molecule has 0 saturated carbocycles. The van der Waals surface area contributed by atoms with Crippen molar-refractivity contribution in [2.75, 3.05) is 19.0 Å². The fraction of sp³-hybridized carbons (Fsp3) is 0.167. The van der Waals surface area contributed by atoms with Crippen molar-refractivity contribution >= 4 is 34.7 Å². The molecule has 1 amide bonds. The number of para-hydroxylation sites is 1. The minimum Gasteiger partial charge on any atom is -0.500 e. The number of nitro groups is 1. The van der Waals surface area contributed by atoms with Crippen LogP contribution in [0.2, 0.25) is 0 Å². The second kappa shape index (κ2) is 11.7. The van der Waals surface area contributed by atoms with Crippen molar-refractivity contribution in [1.29, 1.82) is 0 Å². The number of carbonyl (C=O) groups is 1. The van der Waals surface area contributed by atoms with Crippen molar-refractivity contribution in [3.05, 3.63) is 119 Å². The SMILES string of the molecule is CCOc1ccc([C@@H]2C(C(=O)Nc3ccccc3)=C(C)N=c3s/c(=C\c4cc(OC)c(O)c([N+](=O)[O-])c4)c(=O)n32)cc1. The lowest BCUT2D eigenvalue weighted by Crippen LogP contribution is -2.40. The standard InChI is InChI=1S/C30H26N4O7S/c1-4-41-21-12-10-19(11-13-21)26-25(28(36)32-20-8-6-5-7-9-20)17(2)31-30-33(26)29(37)24(42-30)16-18-14-22(34(38)39)27(35)23(15-18)40-3/h5-16,26,35H,4H2,1-3H3,(H,32,36)/b24-16-/t26-/m1/s1. The molecule has 12 heteroatoms. The highest BCUT2D eigenvalue weighted by molar-refractivity contribution is 7.07. The molecule has 0 bridgehead atoms. The number of nitro benzene ring substituents is 1. The maximum Gasteiger partial charge on any atom is 0.315 e. The fourth-order valence-electron chi connectivity index (χ4n) is 4.70. The number of nitrogens with one attached hydrogen (secondary N) is 1. The van der Waals surface area contributed by atoms with Crippen LogP contribution in [0.4, 0.5) is 11.4 Å². The molecule has 3 aromatic carbocycles. The normalized spacial score (nSPS) is 14.6. The summed E-state index contributed by atoms with van der Waals surface area (Å²) in [5.74, 6) is -0.477. The Bertz CT molecular complexity index is 1890. The van der Waals surface area contributed by atoms with E-state index in [1.54, 1.807) is 55.5 Å². The Morgan fingerprint density at radius 1 is 1.19 bits per heavy atom. The number of ether oxygens (including phenoxy) is 2. The molecular formula is C30H26N4O7S. The fourth-order valence-corrected chi connectivity index (χ4v) is 5.75. The third-order valence-electron chi connectivity index (χ3n) is 6.60. The first kappa shape index (κ1) is 28.3. The number of phenolic OH excluding ortho intramolecular Hbond substituents is 1. The van der Waals surface area contributed by atoms with Gasteiger partial charge in [0.25, 0.3) is 11.5 Å². The molecule has 0 spiro atoms. The summed E-state index contributed by atoms with van der Waals surface area (Å²) in [6.45, 7) is 4.08. The van der Waals surface area contributed by atoms with Gasteiger partial charge in [-0.25, -0.2) is 4.99 Å². The van der Waals surface area contributed by atoms with Crippen LogP contribution >= 0.6 is 11.3 Å². The number of carbonyl (C=O) groups excluding carboxylic acids is 1. The van der Waals surface area contributed by atoms with Crippen LogP contribution in [-0.4, -0.2) is 34.2 Å². The number of rotatable bonds is 8. The summed E-state index contributed by atoms with van der Waals surface area (Å²) in [5, 5.41) is 24.6. The number of aromatic hydroxyl groups is 1. The highest BCUT2D eigenvalue weighted by Gasteiger charge is 2.32. The number of benzene rings is 3. The number of fused-ring (bicyclic) bond motifs is 1. The van der Waals surface area contributed by atoms with Gasteiger partial charge in [0.1, 0.15) is 5.75 Å². The molecule has 42 heavy (non-hydrogen) atoms. The van der Waals surface area contributed by atoms with E-state index in [1.807, 2.05) is 13.0 Å². The molecule has 0 aliphatic carbocycles. The van der Waals surface area contributed by atoms with Gasteiger partial charge >= 0.3 is 5.69 Å². The topological polar surface area (TPSA) is 145 Å². The Balaban J connectivity index is 1.68. The predicted octanol–water partition coefficient (Wildman–Crippen LogP) is 3.90. The van der Waals surface area contributed by atoms with E-state index in [1.165, 1.54) is 23.8 Å². The zero-order valence-electron chi connectivity index (χ0n) is 22.9. The summed E-state index contributed by atoms with van der Waals surface area (Å²) in [6, 6.07) is 17.9.